The smallest absolute Gasteiger partial charge is 0.264 e. The maximum absolute atomic E-state index is 5.59. The molecule has 14 heavy (non-hydrogen) atoms. The lowest BCUT2D eigenvalue weighted by Gasteiger charge is -2.00. The van der Waals surface area contributed by atoms with E-state index < -0.39 is 0 Å². The van der Waals surface area contributed by atoms with Crippen LogP contribution in [0.4, 0.5) is 0 Å². The molecule has 72 valence electrons. The standard InChI is InChI=1S/C10H9ClN2O/c1-6-3-4-7(2)8(5-6)9-12-10(11)13-14-9/h3-5H,1-2H3. The van der Waals surface area contributed by atoms with Crippen LogP contribution in [0, 0.1) is 13.8 Å². The highest BCUT2D eigenvalue weighted by atomic mass is 35.5. The number of hydrogen-bond donors (Lipinski definition) is 0. The molecule has 0 atom stereocenters. The molecular weight excluding hydrogens is 200 g/mol. The molecule has 0 aliphatic rings. The average molecular weight is 209 g/mol. The van der Waals surface area contributed by atoms with Gasteiger partial charge in [0.25, 0.3) is 11.2 Å². The Balaban J connectivity index is 2.55. The minimum Gasteiger partial charge on any atom is -0.333 e. The quantitative estimate of drug-likeness (QED) is 0.723. The van der Waals surface area contributed by atoms with E-state index in [-0.39, 0.29) is 5.28 Å². The molecule has 0 aliphatic carbocycles. The van der Waals surface area contributed by atoms with Gasteiger partial charge in [0.05, 0.1) is 0 Å². The third-order valence-electron chi connectivity index (χ3n) is 2.02. The minimum absolute atomic E-state index is 0.140. The molecule has 2 rings (SSSR count). The van der Waals surface area contributed by atoms with Crippen molar-refractivity contribution >= 4 is 11.6 Å². The summed E-state index contributed by atoms with van der Waals surface area (Å²) >= 11 is 5.59. The van der Waals surface area contributed by atoms with Crippen molar-refractivity contribution in [1.82, 2.24) is 10.1 Å². The topological polar surface area (TPSA) is 38.9 Å². The molecular formula is C10H9ClN2O. The Bertz CT molecular complexity index is 465. The highest BCUT2D eigenvalue weighted by Crippen LogP contribution is 2.23. The first-order valence-corrected chi connectivity index (χ1v) is 4.61. The average Bonchev–Trinajstić information content (AvgIpc) is 2.56. The second kappa shape index (κ2) is 3.42. The van der Waals surface area contributed by atoms with Crippen LogP contribution in [0.2, 0.25) is 5.28 Å². The third kappa shape index (κ3) is 1.63. The summed E-state index contributed by atoms with van der Waals surface area (Å²) in [7, 11) is 0. The number of benzene rings is 1. The van der Waals surface area contributed by atoms with Gasteiger partial charge in [0.15, 0.2) is 0 Å². The Morgan fingerprint density at radius 1 is 1.29 bits per heavy atom. The van der Waals surface area contributed by atoms with Gasteiger partial charge in [-0.1, -0.05) is 17.7 Å². The van der Waals surface area contributed by atoms with Crippen molar-refractivity contribution in [3.8, 4) is 11.5 Å². The lowest BCUT2D eigenvalue weighted by Crippen LogP contribution is -1.84. The van der Waals surface area contributed by atoms with Crippen LogP contribution in [0.3, 0.4) is 0 Å². The zero-order valence-electron chi connectivity index (χ0n) is 7.91. The largest absolute Gasteiger partial charge is 0.333 e. The van der Waals surface area contributed by atoms with Gasteiger partial charge in [0.2, 0.25) is 0 Å². The van der Waals surface area contributed by atoms with Crippen molar-refractivity contribution in [3.05, 3.63) is 34.6 Å². The van der Waals surface area contributed by atoms with Crippen LogP contribution in [0.5, 0.6) is 0 Å². The van der Waals surface area contributed by atoms with E-state index in [4.69, 9.17) is 16.1 Å². The molecule has 0 aliphatic heterocycles. The van der Waals surface area contributed by atoms with Crippen LogP contribution in [0.15, 0.2) is 22.7 Å². The molecule has 1 aromatic carbocycles. The number of hydrogen-bond acceptors (Lipinski definition) is 3. The van der Waals surface area contributed by atoms with E-state index in [1.165, 1.54) is 0 Å². The van der Waals surface area contributed by atoms with Gasteiger partial charge in [-0.15, -0.1) is 0 Å². The fraction of sp³-hybridized carbons (Fsp3) is 0.200. The van der Waals surface area contributed by atoms with Gasteiger partial charge in [0.1, 0.15) is 0 Å². The monoisotopic (exact) mass is 208 g/mol. The van der Waals surface area contributed by atoms with Gasteiger partial charge in [-0.25, -0.2) is 0 Å². The summed E-state index contributed by atoms with van der Waals surface area (Å²) in [6.07, 6.45) is 0. The van der Waals surface area contributed by atoms with E-state index in [1.807, 2.05) is 32.0 Å². The SMILES string of the molecule is Cc1ccc(C)c(-c2nc(Cl)no2)c1. The third-order valence-corrected chi connectivity index (χ3v) is 2.18. The maximum atomic E-state index is 5.59. The van der Waals surface area contributed by atoms with Crippen LogP contribution in [0.1, 0.15) is 11.1 Å². The summed E-state index contributed by atoms with van der Waals surface area (Å²) < 4.78 is 4.99. The van der Waals surface area contributed by atoms with Crippen LogP contribution in [0.25, 0.3) is 11.5 Å². The molecule has 0 saturated carbocycles. The lowest BCUT2D eigenvalue weighted by molar-refractivity contribution is 0.430. The zero-order chi connectivity index (χ0) is 10.1. The Kier molecular flexibility index (Phi) is 2.25. The van der Waals surface area contributed by atoms with Gasteiger partial charge >= 0.3 is 0 Å². The normalized spacial score (nSPS) is 10.5. The molecule has 0 N–H and O–H groups in total. The summed E-state index contributed by atoms with van der Waals surface area (Å²) in [6, 6.07) is 6.05. The van der Waals surface area contributed by atoms with Crippen LogP contribution < -0.4 is 0 Å². The lowest BCUT2D eigenvalue weighted by atomic mass is 10.1. The molecule has 0 fully saturated rings. The van der Waals surface area contributed by atoms with Crippen molar-refractivity contribution in [1.29, 1.82) is 0 Å². The van der Waals surface area contributed by atoms with E-state index in [9.17, 15) is 0 Å². The molecule has 1 aromatic heterocycles. The molecule has 4 heteroatoms. The van der Waals surface area contributed by atoms with Crippen LogP contribution in [-0.4, -0.2) is 10.1 Å². The van der Waals surface area contributed by atoms with Crippen LogP contribution in [-0.2, 0) is 0 Å². The number of aryl methyl sites for hydroxylation is 2. The van der Waals surface area contributed by atoms with E-state index in [0.29, 0.717) is 5.89 Å². The zero-order valence-corrected chi connectivity index (χ0v) is 8.67. The Hall–Kier alpha value is -1.35. The van der Waals surface area contributed by atoms with Gasteiger partial charge in [-0.05, 0) is 42.2 Å². The van der Waals surface area contributed by atoms with Gasteiger partial charge in [0, 0.05) is 5.56 Å². The van der Waals surface area contributed by atoms with Crippen molar-refractivity contribution in [2.75, 3.05) is 0 Å². The summed E-state index contributed by atoms with van der Waals surface area (Å²) in [4.78, 5) is 3.97. The molecule has 0 radical (unpaired) electrons. The first-order chi connectivity index (χ1) is 6.66. The number of halogens is 1. The molecule has 1 heterocycles. The fourth-order valence-corrected chi connectivity index (χ4v) is 1.39. The first-order valence-electron chi connectivity index (χ1n) is 4.23. The molecule has 0 bridgehead atoms. The number of rotatable bonds is 1. The van der Waals surface area contributed by atoms with Gasteiger partial charge in [-0.3, -0.25) is 0 Å². The predicted molar refractivity (Wildman–Crippen MR) is 54.2 cm³/mol. The van der Waals surface area contributed by atoms with E-state index >= 15 is 0 Å². The van der Waals surface area contributed by atoms with Gasteiger partial charge < -0.3 is 4.52 Å². The maximum Gasteiger partial charge on any atom is 0.264 e. The van der Waals surface area contributed by atoms with Crippen molar-refractivity contribution in [2.45, 2.75) is 13.8 Å². The predicted octanol–water partition coefficient (Wildman–Crippen LogP) is 3.01. The Labute approximate surface area is 86.7 Å². The molecule has 0 spiro atoms. The molecule has 2 aromatic rings. The van der Waals surface area contributed by atoms with Gasteiger partial charge in [-0.2, -0.15) is 4.98 Å². The second-order valence-electron chi connectivity index (χ2n) is 3.19. The second-order valence-corrected chi connectivity index (χ2v) is 3.52. The highest BCUT2D eigenvalue weighted by Gasteiger charge is 2.09. The summed E-state index contributed by atoms with van der Waals surface area (Å²) in [5, 5.41) is 3.68. The van der Waals surface area contributed by atoms with Crippen molar-refractivity contribution < 1.29 is 4.52 Å². The molecule has 0 unspecified atom stereocenters. The summed E-state index contributed by atoms with van der Waals surface area (Å²) in [5.41, 5.74) is 3.18. The first kappa shape index (κ1) is 9.21. The van der Waals surface area contributed by atoms with Crippen molar-refractivity contribution in [2.24, 2.45) is 0 Å². The van der Waals surface area contributed by atoms with Crippen LogP contribution >= 0.6 is 11.6 Å². The molecule has 0 amide bonds. The number of nitrogens with zero attached hydrogens (tertiary/aromatic N) is 2. The molecule has 0 saturated heterocycles. The summed E-state index contributed by atoms with van der Waals surface area (Å²) in [6.45, 7) is 4.01. The van der Waals surface area contributed by atoms with E-state index in [0.717, 1.165) is 16.7 Å². The Morgan fingerprint density at radius 2 is 2.07 bits per heavy atom. The number of aromatic nitrogens is 2. The highest BCUT2D eigenvalue weighted by molar-refractivity contribution is 6.28. The minimum atomic E-state index is 0.140. The van der Waals surface area contributed by atoms with Crippen molar-refractivity contribution in [3.63, 3.8) is 0 Å². The van der Waals surface area contributed by atoms with E-state index in [2.05, 4.69) is 10.1 Å². The molecule has 3 nitrogen and oxygen atoms in total. The Morgan fingerprint density at radius 3 is 2.71 bits per heavy atom. The van der Waals surface area contributed by atoms with E-state index in [1.54, 1.807) is 0 Å². The summed E-state index contributed by atoms with van der Waals surface area (Å²) in [5.74, 6) is 0.469. The fourth-order valence-electron chi connectivity index (χ4n) is 1.28.